The second-order valence-corrected chi connectivity index (χ2v) is 10.1. The number of nitriles is 2. The van der Waals surface area contributed by atoms with Gasteiger partial charge in [0.2, 0.25) is 0 Å². The molecule has 0 saturated heterocycles. The van der Waals surface area contributed by atoms with E-state index in [4.69, 9.17) is 20.0 Å². The van der Waals surface area contributed by atoms with E-state index in [0.29, 0.717) is 33.8 Å². The Hall–Kier alpha value is -5.20. The van der Waals surface area contributed by atoms with Crippen molar-refractivity contribution in [1.82, 2.24) is 0 Å². The average molecular weight is 557 g/mol. The van der Waals surface area contributed by atoms with Crippen molar-refractivity contribution < 1.29 is 19.1 Å². The fourth-order valence-corrected chi connectivity index (χ4v) is 4.51. The Kier molecular flexibility index (Phi) is 11.0. The van der Waals surface area contributed by atoms with Crippen LogP contribution in [-0.2, 0) is 12.8 Å². The van der Waals surface area contributed by atoms with Gasteiger partial charge in [0.05, 0.1) is 34.4 Å². The maximum atomic E-state index is 12.3. The normalized spacial score (nSPS) is 10.3. The average Bonchev–Trinajstić information content (AvgIpc) is 3.04. The molecule has 0 radical (unpaired) electrons. The second kappa shape index (κ2) is 15.6. The number of benzene rings is 4. The lowest BCUT2D eigenvalue weighted by molar-refractivity contribution is 0.0725. The number of carbonyl (C=O) groups excluding carboxylic acids is 2. The number of ether oxygens (including phenoxy) is 2. The van der Waals surface area contributed by atoms with Crippen LogP contribution in [0.3, 0.4) is 0 Å². The van der Waals surface area contributed by atoms with Gasteiger partial charge in [0.1, 0.15) is 11.5 Å². The van der Waals surface area contributed by atoms with E-state index >= 15 is 0 Å². The Bertz CT molecular complexity index is 1420. The van der Waals surface area contributed by atoms with Gasteiger partial charge in [0.15, 0.2) is 0 Å². The van der Waals surface area contributed by atoms with Crippen molar-refractivity contribution in [3.63, 3.8) is 0 Å². The van der Waals surface area contributed by atoms with Gasteiger partial charge in [-0.3, -0.25) is 0 Å². The van der Waals surface area contributed by atoms with Crippen LogP contribution < -0.4 is 9.47 Å². The molecule has 0 saturated carbocycles. The minimum Gasteiger partial charge on any atom is -0.423 e. The van der Waals surface area contributed by atoms with Gasteiger partial charge < -0.3 is 9.47 Å². The summed E-state index contributed by atoms with van der Waals surface area (Å²) in [4.78, 5) is 24.6. The highest BCUT2D eigenvalue weighted by Crippen LogP contribution is 2.19. The summed E-state index contributed by atoms with van der Waals surface area (Å²) >= 11 is 0. The van der Waals surface area contributed by atoms with Crippen molar-refractivity contribution >= 4 is 11.9 Å². The van der Waals surface area contributed by atoms with Crippen LogP contribution in [-0.4, -0.2) is 11.9 Å². The third-order valence-electron chi connectivity index (χ3n) is 6.95. The highest BCUT2D eigenvalue weighted by molar-refractivity contribution is 5.91. The van der Waals surface area contributed by atoms with Gasteiger partial charge >= 0.3 is 11.9 Å². The third kappa shape index (κ3) is 9.18. The Morgan fingerprint density at radius 2 is 0.810 bits per heavy atom. The van der Waals surface area contributed by atoms with E-state index in [1.54, 1.807) is 48.5 Å². The lowest BCUT2D eigenvalue weighted by Gasteiger charge is -2.07. The molecule has 6 heteroatoms. The van der Waals surface area contributed by atoms with Crippen LogP contribution >= 0.6 is 0 Å². The number of aryl methyl sites for hydroxylation is 2. The highest BCUT2D eigenvalue weighted by atomic mass is 16.5. The van der Waals surface area contributed by atoms with Gasteiger partial charge in [-0.05, 0) is 110 Å². The number of hydrogen-bond donors (Lipinski definition) is 0. The standard InChI is InChI=1S/C36H32N2O4/c37-25-29-9-17-31(18-10-29)35(39)41-33-21-13-27(14-22-33)7-5-3-1-2-4-6-8-28-15-23-34(24-16-28)42-36(40)32-19-11-30(26-38)12-20-32/h9-24H,1-8H2. The molecule has 0 unspecified atom stereocenters. The maximum Gasteiger partial charge on any atom is 0.343 e. The summed E-state index contributed by atoms with van der Waals surface area (Å²) in [6, 6.07) is 32.1. The zero-order chi connectivity index (χ0) is 29.6. The minimum atomic E-state index is -0.439. The molecule has 0 aliphatic heterocycles. The fraction of sp³-hybridized carbons (Fsp3) is 0.222. The van der Waals surface area contributed by atoms with Gasteiger partial charge in [0.25, 0.3) is 0 Å². The molecule has 0 aliphatic rings. The molecule has 42 heavy (non-hydrogen) atoms. The van der Waals surface area contributed by atoms with Crippen molar-refractivity contribution in [2.24, 2.45) is 0 Å². The predicted molar refractivity (Wildman–Crippen MR) is 160 cm³/mol. The molecule has 0 spiro atoms. The number of hydrogen-bond acceptors (Lipinski definition) is 6. The minimum absolute atomic E-state index is 0.413. The lowest BCUT2D eigenvalue weighted by Crippen LogP contribution is -2.08. The van der Waals surface area contributed by atoms with E-state index in [9.17, 15) is 9.59 Å². The summed E-state index contributed by atoms with van der Waals surface area (Å²) in [5.74, 6) is 0.135. The van der Waals surface area contributed by atoms with E-state index in [0.717, 1.165) is 25.7 Å². The number of esters is 2. The Balaban J connectivity index is 1.06. The number of nitrogens with zero attached hydrogens (tertiary/aromatic N) is 2. The Morgan fingerprint density at radius 1 is 0.476 bits per heavy atom. The quantitative estimate of drug-likeness (QED) is 0.0940. The molecule has 0 aromatic heterocycles. The van der Waals surface area contributed by atoms with Crippen LogP contribution in [0, 0.1) is 22.7 Å². The van der Waals surface area contributed by atoms with Crippen molar-refractivity contribution in [1.29, 1.82) is 10.5 Å². The van der Waals surface area contributed by atoms with E-state index in [-0.39, 0.29) is 0 Å². The second-order valence-electron chi connectivity index (χ2n) is 10.1. The van der Waals surface area contributed by atoms with Crippen LogP contribution in [0.4, 0.5) is 0 Å². The molecule has 0 bridgehead atoms. The molecular weight excluding hydrogens is 524 g/mol. The van der Waals surface area contributed by atoms with Crippen molar-refractivity contribution in [3.8, 4) is 23.6 Å². The lowest BCUT2D eigenvalue weighted by atomic mass is 10.0. The molecule has 0 fully saturated rings. The topological polar surface area (TPSA) is 100 Å². The highest BCUT2D eigenvalue weighted by Gasteiger charge is 2.10. The van der Waals surface area contributed by atoms with E-state index in [1.807, 2.05) is 60.7 Å². The van der Waals surface area contributed by atoms with Gasteiger partial charge in [0, 0.05) is 0 Å². The summed E-state index contributed by atoms with van der Waals surface area (Å²) in [5, 5.41) is 17.7. The van der Waals surface area contributed by atoms with Crippen LogP contribution in [0.25, 0.3) is 0 Å². The first-order valence-electron chi connectivity index (χ1n) is 14.2. The third-order valence-corrected chi connectivity index (χ3v) is 6.95. The van der Waals surface area contributed by atoms with Crippen molar-refractivity contribution in [2.75, 3.05) is 0 Å². The smallest absolute Gasteiger partial charge is 0.343 e. The molecule has 0 atom stereocenters. The Labute approximate surface area is 246 Å². The molecule has 0 N–H and O–H groups in total. The molecule has 0 aliphatic carbocycles. The first-order valence-corrected chi connectivity index (χ1v) is 14.2. The number of unbranched alkanes of at least 4 members (excludes halogenated alkanes) is 5. The molecule has 4 rings (SSSR count). The van der Waals surface area contributed by atoms with Gasteiger partial charge in [-0.15, -0.1) is 0 Å². The first kappa shape index (κ1) is 29.8. The maximum absolute atomic E-state index is 12.3. The zero-order valence-electron chi connectivity index (χ0n) is 23.4. The number of carbonyl (C=O) groups is 2. The zero-order valence-corrected chi connectivity index (χ0v) is 23.4. The molecule has 0 amide bonds. The van der Waals surface area contributed by atoms with Crippen LogP contribution in [0.1, 0.15) is 81.5 Å². The van der Waals surface area contributed by atoms with Crippen LogP contribution in [0.2, 0.25) is 0 Å². The summed E-state index contributed by atoms with van der Waals surface area (Å²) in [7, 11) is 0. The van der Waals surface area contributed by atoms with Gasteiger partial charge in [-0.1, -0.05) is 49.9 Å². The summed E-state index contributed by atoms with van der Waals surface area (Å²) < 4.78 is 10.9. The van der Waals surface area contributed by atoms with E-state index in [2.05, 4.69) is 0 Å². The molecule has 6 nitrogen and oxygen atoms in total. The van der Waals surface area contributed by atoms with Gasteiger partial charge in [-0.25, -0.2) is 9.59 Å². The molecule has 0 heterocycles. The summed E-state index contributed by atoms with van der Waals surface area (Å²) in [6.45, 7) is 0. The number of rotatable bonds is 13. The SMILES string of the molecule is N#Cc1ccc(C(=O)Oc2ccc(CCCCCCCCc3ccc(OC(=O)c4ccc(C#N)cc4)cc3)cc2)cc1. The van der Waals surface area contributed by atoms with Crippen LogP contribution in [0.5, 0.6) is 11.5 Å². The van der Waals surface area contributed by atoms with Crippen molar-refractivity contribution in [2.45, 2.75) is 51.4 Å². The fourth-order valence-electron chi connectivity index (χ4n) is 4.51. The van der Waals surface area contributed by atoms with E-state index < -0.39 is 11.9 Å². The monoisotopic (exact) mass is 556 g/mol. The van der Waals surface area contributed by atoms with Crippen molar-refractivity contribution in [3.05, 3.63) is 130 Å². The summed E-state index contributed by atoms with van der Waals surface area (Å²) in [6.07, 6.45) is 8.97. The Morgan fingerprint density at radius 3 is 1.14 bits per heavy atom. The largest absolute Gasteiger partial charge is 0.423 e. The molecule has 4 aromatic rings. The predicted octanol–water partition coefficient (Wildman–Crippen LogP) is 7.99. The van der Waals surface area contributed by atoms with Gasteiger partial charge in [-0.2, -0.15) is 10.5 Å². The molecular formula is C36H32N2O4. The summed E-state index contributed by atoms with van der Waals surface area (Å²) in [5.41, 5.74) is 4.27. The molecule has 210 valence electrons. The first-order chi connectivity index (χ1) is 20.5. The molecule has 4 aromatic carbocycles. The van der Waals surface area contributed by atoms with Crippen LogP contribution in [0.15, 0.2) is 97.1 Å². The van der Waals surface area contributed by atoms with E-state index in [1.165, 1.54) is 36.8 Å².